The van der Waals surface area contributed by atoms with E-state index in [1.807, 2.05) is 26.8 Å². The molecule has 0 unspecified atom stereocenters. The highest BCUT2D eigenvalue weighted by molar-refractivity contribution is 5.94. The van der Waals surface area contributed by atoms with Crippen molar-refractivity contribution in [1.82, 2.24) is 19.6 Å². The molecular weight excluding hydrogens is 352 g/mol. The lowest BCUT2D eigenvalue weighted by Crippen LogP contribution is -2.39. The Labute approximate surface area is 164 Å². The normalized spacial score (nSPS) is 15.2. The molecule has 1 N–H and O–H groups in total. The summed E-state index contributed by atoms with van der Waals surface area (Å²) in [5.74, 6) is 1.74. The second kappa shape index (κ2) is 7.22. The Morgan fingerprint density at radius 2 is 1.75 bits per heavy atom. The summed E-state index contributed by atoms with van der Waals surface area (Å²) in [7, 11) is 0. The molecule has 1 saturated heterocycles. The number of aromatic nitrogens is 4. The second-order valence-electron chi connectivity index (χ2n) is 7.75. The molecule has 1 aliphatic heterocycles. The van der Waals surface area contributed by atoms with Crippen LogP contribution in [-0.4, -0.2) is 38.6 Å². The Kier molecular flexibility index (Phi) is 4.75. The summed E-state index contributed by atoms with van der Waals surface area (Å²) in [6.45, 7) is 9.75. The molecule has 0 bridgehead atoms. The zero-order valence-corrected chi connectivity index (χ0v) is 16.9. The number of amides is 1. The molecule has 0 spiro atoms. The van der Waals surface area contributed by atoms with Crippen LogP contribution in [0.4, 0.5) is 11.5 Å². The number of anilines is 2. The highest BCUT2D eigenvalue weighted by atomic mass is 16.1. The molecule has 1 aromatic carbocycles. The monoisotopic (exact) mass is 378 g/mol. The third-order valence-corrected chi connectivity index (χ3v) is 5.48. The third-order valence-electron chi connectivity index (χ3n) is 5.48. The van der Waals surface area contributed by atoms with Gasteiger partial charge in [-0.2, -0.15) is 14.6 Å². The van der Waals surface area contributed by atoms with Gasteiger partial charge in [-0.25, -0.2) is 4.98 Å². The van der Waals surface area contributed by atoms with Gasteiger partial charge in [-0.15, -0.1) is 0 Å². The minimum Gasteiger partial charge on any atom is -0.356 e. The quantitative estimate of drug-likeness (QED) is 0.757. The number of piperidine rings is 1. The number of nitrogens with zero attached hydrogens (tertiary/aromatic N) is 5. The molecule has 3 aromatic rings. The number of nitrogens with one attached hydrogen (secondary N) is 1. The number of benzene rings is 1. The van der Waals surface area contributed by atoms with Gasteiger partial charge in [0.15, 0.2) is 0 Å². The lowest BCUT2D eigenvalue weighted by molar-refractivity contribution is -0.120. The molecular formula is C21H26N6O. The van der Waals surface area contributed by atoms with Gasteiger partial charge in [-0.3, -0.25) is 4.79 Å². The lowest BCUT2D eigenvalue weighted by atomic mass is 9.95. The first-order valence-electron chi connectivity index (χ1n) is 9.73. The molecule has 146 valence electrons. The standard InChI is InChI=1S/C21H26N6O/c1-13-9-14(2)19(15(3)10-13)25-20(28)17-5-7-26(8-6-17)18-11-16(4)24-21-22-12-23-27(18)21/h9-12,17H,5-8H2,1-4H3,(H,25,28). The molecule has 7 heteroatoms. The van der Waals surface area contributed by atoms with Crippen LogP contribution in [0.25, 0.3) is 5.78 Å². The van der Waals surface area contributed by atoms with Crippen LogP contribution in [0.5, 0.6) is 0 Å². The average Bonchev–Trinajstić information content (AvgIpc) is 3.12. The first-order chi connectivity index (χ1) is 13.4. The van der Waals surface area contributed by atoms with E-state index in [1.165, 1.54) is 11.9 Å². The van der Waals surface area contributed by atoms with Crippen LogP contribution in [0.3, 0.4) is 0 Å². The van der Waals surface area contributed by atoms with Crippen molar-refractivity contribution in [2.24, 2.45) is 5.92 Å². The van der Waals surface area contributed by atoms with Gasteiger partial charge in [-0.05, 0) is 51.7 Å². The molecule has 1 amide bonds. The van der Waals surface area contributed by atoms with Crippen molar-refractivity contribution in [3.05, 3.63) is 46.9 Å². The minimum atomic E-state index is 0.0190. The molecule has 1 aliphatic rings. The molecule has 0 atom stereocenters. The Bertz CT molecular complexity index is 1010. The van der Waals surface area contributed by atoms with E-state index >= 15 is 0 Å². The fourth-order valence-electron chi connectivity index (χ4n) is 4.11. The smallest absolute Gasteiger partial charge is 0.254 e. The van der Waals surface area contributed by atoms with Crippen molar-refractivity contribution in [2.75, 3.05) is 23.3 Å². The number of hydrogen-bond donors (Lipinski definition) is 1. The maximum absolute atomic E-state index is 12.9. The van der Waals surface area contributed by atoms with Crippen LogP contribution in [0, 0.1) is 33.6 Å². The van der Waals surface area contributed by atoms with Gasteiger partial charge in [0.25, 0.3) is 5.78 Å². The first-order valence-corrected chi connectivity index (χ1v) is 9.73. The molecule has 7 nitrogen and oxygen atoms in total. The van der Waals surface area contributed by atoms with E-state index in [1.54, 1.807) is 4.52 Å². The molecule has 3 heterocycles. The van der Waals surface area contributed by atoms with Crippen molar-refractivity contribution in [3.63, 3.8) is 0 Å². The maximum atomic E-state index is 12.9. The zero-order valence-electron chi connectivity index (χ0n) is 16.9. The molecule has 0 aliphatic carbocycles. The second-order valence-corrected chi connectivity index (χ2v) is 7.75. The van der Waals surface area contributed by atoms with Gasteiger partial charge in [-0.1, -0.05) is 17.7 Å². The molecule has 28 heavy (non-hydrogen) atoms. The van der Waals surface area contributed by atoms with E-state index in [-0.39, 0.29) is 11.8 Å². The highest BCUT2D eigenvalue weighted by Gasteiger charge is 2.27. The number of fused-ring (bicyclic) bond motifs is 1. The van der Waals surface area contributed by atoms with Crippen LogP contribution in [0.1, 0.15) is 35.2 Å². The number of hydrogen-bond acceptors (Lipinski definition) is 5. The van der Waals surface area contributed by atoms with E-state index in [4.69, 9.17) is 0 Å². The molecule has 0 saturated carbocycles. The van der Waals surface area contributed by atoms with Gasteiger partial charge in [0, 0.05) is 36.5 Å². The van der Waals surface area contributed by atoms with Crippen LogP contribution in [0.15, 0.2) is 24.5 Å². The largest absolute Gasteiger partial charge is 0.356 e. The predicted octanol–water partition coefficient (Wildman–Crippen LogP) is 3.21. The van der Waals surface area contributed by atoms with Gasteiger partial charge in [0.05, 0.1) is 0 Å². The molecule has 4 rings (SSSR count). The summed E-state index contributed by atoms with van der Waals surface area (Å²) in [4.78, 5) is 23.7. The number of carbonyl (C=O) groups excluding carboxylic acids is 1. The molecule has 1 fully saturated rings. The molecule has 2 aromatic heterocycles. The van der Waals surface area contributed by atoms with E-state index in [9.17, 15) is 4.79 Å². The first kappa shape index (κ1) is 18.4. The van der Waals surface area contributed by atoms with Crippen molar-refractivity contribution in [2.45, 2.75) is 40.5 Å². The van der Waals surface area contributed by atoms with Crippen LogP contribution in [0.2, 0.25) is 0 Å². The fourth-order valence-corrected chi connectivity index (χ4v) is 4.11. The topological polar surface area (TPSA) is 75.4 Å². The third kappa shape index (κ3) is 3.44. The Morgan fingerprint density at radius 1 is 1.07 bits per heavy atom. The van der Waals surface area contributed by atoms with Gasteiger partial charge < -0.3 is 10.2 Å². The maximum Gasteiger partial charge on any atom is 0.254 e. The summed E-state index contributed by atoms with van der Waals surface area (Å²) in [5, 5.41) is 7.46. The summed E-state index contributed by atoms with van der Waals surface area (Å²) < 4.78 is 1.77. The Hall–Kier alpha value is -2.96. The summed E-state index contributed by atoms with van der Waals surface area (Å²) >= 11 is 0. The Balaban J connectivity index is 1.45. The van der Waals surface area contributed by atoms with Crippen molar-refractivity contribution in [3.8, 4) is 0 Å². The SMILES string of the molecule is Cc1cc(C)c(NC(=O)C2CCN(c3cc(C)nc4ncnn34)CC2)c(C)c1. The summed E-state index contributed by atoms with van der Waals surface area (Å²) in [6, 6.07) is 6.25. The summed E-state index contributed by atoms with van der Waals surface area (Å²) in [6.07, 6.45) is 3.15. The van der Waals surface area contributed by atoms with Gasteiger partial charge >= 0.3 is 0 Å². The highest BCUT2D eigenvalue weighted by Crippen LogP contribution is 2.27. The lowest BCUT2D eigenvalue weighted by Gasteiger charge is -2.33. The van der Waals surface area contributed by atoms with Crippen molar-refractivity contribution in [1.29, 1.82) is 0 Å². The van der Waals surface area contributed by atoms with Crippen molar-refractivity contribution >= 4 is 23.2 Å². The Morgan fingerprint density at radius 3 is 2.43 bits per heavy atom. The van der Waals surface area contributed by atoms with Crippen LogP contribution >= 0.6 is 0 Å². The summed E-state index contributed by atoms with van der Waals surface area (Å²) in [5.41, 5.74) is 5.31. The van der Waals surface area contributed by atoms with E-state index in [2.05, 4.69) is 44.3 Å². The zero-order chi connectivity index (χ0) is 19.8. The van der Waals surface area contributed by atoms with Gasteiger partial charge in [0.2, 0.25) is 5.91 Å². The van der Waals surface area contributed by atoms with Crippen molar-refractivity contribution < 1.29 is 4.79 Å². The fraction of sp³-hybridized carbons (Fsp3) is 0.429. The van der Waals surface area contributed by atoms with Crippen LogP contribution in [-0.2, 0) is 4.79 Å². The average molecular weight is 378 g/mol. The van der Waals surface area contributed by atoms with E-state index in [0.717, 1.165) is 54.3 Å². The van der Waals surface area contributed by atoms with Crippen LogP contribution < -0.4 is 10.2 Å². The van der Waals surface area contributed by atoms with E-state index < -0.39 is 0 Å². The number of carbonyl (C=O) groups is 1. The molecule has 0 radical (unpaired) electrons. The van der Waals surface area contributed by atoms with E-state index in [0.29, 0.717) is 5.78 Å². The number of aryl methyl sites for hydroxylation is 4. The van der Waals surface area contributed by atoms with Gasteiger partial charge in [0.1, 0.15) is 12.1 Å². The predicted molar refractivity (Wildman–Crippen MR) is 110 cm³/mol. The number of rotatable bonds is 3. The minimum absolute atomic E-state index is 0.0190.